The first-order valence-electron chi connectivity index (χ1n) is 11.7. The van der Waals surface area contributed by atoms with Crippen LogP contribution in [-0.2, 0) is 13.1 Å². The van der Waals surface area contributed by atoms with E-state index in [1.54, 1.807) is 10.7 Å². The van der Waals surface area contributed by atoms with Crippen molar-refractivity contribution in [2.24, 2.45) is 0 Å². The Balaban J connectivity index is 1.25. The maximum Gasteiger partial charge on any atom is 0.319 e. The van der Waals surface area contributed by atoms with Crippen molar-refractivity contribution >= 4 is 50.7 Å². The first-order chi connectivity index (χ1) is 18.0. The lowest BCUT2D eigenvalue weighted by Crippen LogP contribution is -2.28. The molecule has 0 bridgehead atoms. The van der Waals surface area contributed by atoms with Gasteiger partial charge in [-0.2, -0.15) is 9.61 Å². The van der Waals surface area contributed by atoms with Crippen LogP contribution in [0.1, 0.15) is 16.7 Å². The maximum absolute atomic E-state index is 12.3. The highest BCUT2D eigenvalue weighted by Crippen LogP contribution is 2.30. The van der Waals surface area contributed by atoms with Crippen LogP contribution in [0, 0.1) is 6.92 Å². The Hall–Kier alpha value is -3.88. The zero-order chi connectivity index (χ0) is 25.8. The maximum atomic E-state index is 12.3. The van der Waals surface area contributed by atoms with Crippen LogP contribution in [0.4, 0.5) is 16.3 Å². The predicted octanol–water partition coefficient (Wildman–Crippen LogP) is 7.05. The molecular weight excluding hydrogens is 552 g/mol. The SMILES string of the molecule is Cc1ccccc1NC(=O)NCc1ccc(CNc2cc(-c3ccccc3Cl)nc3c(Br)cnn23)cc1. The highest BCUT2D eigenvalue weighted by Gasteiger charge is 2.13. The van der Waals surface area contributed by atoms with Crippen molar-refractivity contribution in [2.45, 2.75) is 20.0 Å². The van der Waals surface area contributed by atoms with E-state index in [2.05, 4.69) is 37.0 Å². The Morgan fingerprint density at radius 1 is 0.973 bits per heavy atom. The smallest absolute Gasteiger partial charge is 0.319 e. The van der Waals surface area contributed by atoms with Crippen LogP contribution in [0.15, 0.2) is 89.5 Å². The monoisotopic (exact) mass is 574 g/mol. The summed E-state index contributed by atoms with van der Waals surface area (Å²) < 4.78 is 2.56. The molecule has 5 rings (SSSR count). The lowest BCUT2D eigenvalue weighted by molar-refractivity contribution is 0.251. The van der Waals surface area contributed by atoms with Crippen LogP contribution in [-0.4, -0.2) is 20.6 Å². The molecule has 5 aromatic rings. The molecule has 0 aliphatic rings. The minimum Gasteiger partial charge on any atom is -0.366 e. The van der Waals surface area contributed by atoms with E-state index in [-0.39, 0.29) is 6.03 Å². The normalized spacial score (nSPS) is 10.9. The molecule has 0 unspecified atom stereocenters. The van der Waals surface area contributed by atoms with Crippen LogP contribution in [0.2, 0.25) is 5.02 Å². The van der Waals surface area contributed by atoms with Gasteiger partial charge in [-0.1, -0.05) is 72.3 Å². The molecule has 2 aromatic heterocycles. The van der Waals surface area contributed by atoms with E-state index in [0.717, 1.165) is 43.9 Å². The number of amides is 2. The number of carbonyl (C=O) groups is 1. The number of urea groups is 1. The van der Waals surface area contributed by atoms with Gasteiger partial charge in [-0.25, -0.2) is 9.78 Å². The van der Waals surface area contributed by atoms with Gasteiger partial charge in [0.05, 0.1) is 16.4 Å². The zero-order valence-corrected chi connectivity index (χ0v) is 22.3. The fourth-order valence-electron chi connectivity index (χ4n) is 3.90. The van der Waals surface area contributed by atoms with Gasteiger partial charge in [0.25, 0.3) is 0 Å². The first kappa shape index (κ1) is 24.8. The fraction of sp³-hybridized carbons (Fsp3) is 0.107. The van der Waals surface area contributed by atoms with Crippen molar-refractivity contribution in [1.29, 1.82) is 0 Å². The van der Waals surface area contributed by atoms with Gasteiger partial charge >= 0.3 is 6.03 Å². The second kappa shape index (κ2) is 11.0. The van der Waals surface area contributed by atoms with Crippen LogP contribution in [0.3, 0.4) is 0 Å². The average molecular weight is 576 g/mol. The van der Waals surface area contributed by atoms with E-state index in [9.17, 15) is 4.79 Å². The predicted molar refractivity (Wildman–Crippen MR) is 152 cm³/mol. The molecule has 9 heteroatoms. The third kappa shape index (κ3) is 5.76. The summed E-state index contributed by atoms with van der Waals surface area (Å²) in [6, 6.07) is 25.1. The fourth-order valence-corrected chi connectivity index (χ4v) is 4.48. The molecule has 2 heterocycles. The van der Waals surface area contributed by atoms with Crippen molar-refractivity contribution in [3.8, 4) is 11.3 Å². The zero-order valence-electron chi connectivity index (χ0n) is 20.0. The van der Waals surface area contributed by atoms with Crippen LogP contribution in [0.5, 0.6) is 0 Å². The third-order valence-corrected chi connectivity index (χ3v) is 6.81. The minimum atomic E-state index is -0.235. The molecule has 0 radical (unpaired) electrons. The van der Waals surface area contributed by atoms with Gasteiger partial charge in [0, 0.05) is 35.4 Å². The minimum absolute atomic E-state index is 0.235. The van der Waals surface area contributed by atoms with Crippen LogP contribution < -0.4 is 16.0 Å². The lowest BCUT2D eigenvalue weighted by atomic mass is 10.1. The molecule has 0 atom stereocenters. The summed E-state index contributed by atoms with van der Waals surface area (Å²) in [5.41, 5.74) is 6.22. The standard InChI is InChI=1S/C28H24BrClN6O/c1-18-6-2-5-9-24(18)35-28(37)32-16-20-12-10-19(11-13-20)15-31-26-14-25(21-7-3-4-8-23(21)30)34-27-22(29)17-33-36(26)27/h2-14,17,31H,15-16H2,1H3,(H2,32,35,37). The van der Waals surface area contributed by atoms with Crippen molar-refractivity contribution in [2.75, 3.05) is 10.6 Å². The number of nitrogens with zero attached hydrogens (tertiary/aromatic N) is 3. The van der Waals surface area contributed by atoms with Gasteiger partial charge in [-0.3, -0.25) is 0 Å². The molecule has 0 saturated carbocycles. The van der Waals surface area contributed by atoms with E-state index < -0.39 is 0 Å². The van der Waals surface area contributed by atoms with E-state index in [4.69, 9.17) is 16.6 Å². The van der Waals surface area contributed by atoms with Crippen molar-refractivity contribution in [3.05, 3.63) is 111 Å². The molecule has 186 valence electrons. The number of hydrogen-bond acceptors (Lipinski definition) is 4. The molecule has 7 nitrogen and oxygen atoms in total. The molecule has 0 aliphatic heterocycles. The van der Waals surface area contributed by atoms with Crippen LogP contribution >= 0.6 is 27.5 Å². The Morgan fingerprint density at radius 2 is 1.68 bits per heavy atom. The van der Waals surface area contributed by atoms with Gasteiger partial charge in [-0.05, 0) is 51.7 Å². The summed E-state index contributed by atoms with van der Waals surface area (Å²) in [7, 11) is 0. The number of halogens is 2. The summed E-state index contributed by atoms with van der Waals surface area (Å²) >= 11 is 9.97. The Bertz CT molecular complexity index is 1570. The van der Waals surface area contributed by atoms with Crippen LogP contribution in [0.25, 0.3) is 16.9 Å². The molecule has 2 amide bonds. The third-order valence-electron chi connectivity index (χ3n) is 5.92. The van der Waals surface area contributed by atoms with Gasteiger partial charge in [0.15, 0.2) is 5.65 Å². The summed E-state index contributed by atoms with van der Waals surface area (Å²) in [5.74, 6) is 0.796. The van der Waals surface area contributed by atoms with E-state index in [1.807, 2.05) is 85.8 Å². The number of rotatable bonds is 7. The van der Waals surface area contributed by atoms with Crippen molar-refractivity contribution in [3.63, 3.8) is 0 Å². The largest absolute Gasteiger partial charge is 0.366 e. The molecular formula is C28H24BrClN6O. The van der Waals surface area contributed by atoms with Crippen molar-refractivity contribution in [1.82, 2.24) is 19.9 Å². The number of carbonyl (C=O) groups excluding carboxylic acids is 1. The molecule has 3 N–H and O–H groups in total. The lowest BCUT2D eigenvalue weighted by Gasteiger charge is -2.12. The van der Waals surface area contributed by atoms with Gasteiger partial charge < -0.3 is 16.0 Å². The summed E-state index contributed by atoms with van der Waals surface area (Å²) in [6.45, 7) is 2.97. The molecule has 0 aliphatic carbocycles. The summed E-state index contributed by atoms with van der Waals surface area (Å²) in [6.07, 6.45) is 1.72. The van der Waals surface area contributed by atoms with Crippen molar-refractivity contribution < 1.29 is 4.79 Å². The van der Waals surface area contributed by atoms with Gasteiger partial charge in [-0.15, -0.1) is 0 Å². The second-order valence-electron chi connectivity index (χ2n) is 8.53. The average Bonchev–Trinajstić information content (AvgIpc) is 3.29. The van der Waals surface area contributed by atoms with E-state index in [1.165, 1.54) is 0 Å². The first-order valence-corrected chi connectivity index (χ1v) is 12.9. The number of aromatic nitrogens is 3. The Labute approximate surface area is 228 Å². The van der Waals surface area contributed by atoms with E-state index in [0.29, 0.717) is 23.8 Å². The highest BCUT2D eigenvalue weighted by molar-refractivity contribution is 9.10. The number of fused-ring (bicyclic) bond motifs is 1. The Kier molecular flexibility index (Phi) is 7.39. The quantitative estimate of drug-likeness (QED) is 0.194. The number of hydrogen-bond donors (Lipinski definition) is 3. The molecule has 0 spiro atoms. The number of aryl methyl sites for hydroxylation is 1. The number of benzene rings is 3. The number of para-hydroxylation sites is 1. The molecule has 3 aromatic carbocycles. The number of anilines is 2. The van der Waals surface area contributed by atoms with Gasteiger partial charge in [0.1, 0.15) is 5.82 Å². The molecule has 37 heavy (non-hydrogen) atoms. The summed E-state index contributed by atoms with van der Waals surface area (Å²) in [4.78, 5) is 17.0. The topological polar surface area (TPSA) is 83.4 Å². The summed E-state index contributed by atoms with van der Waals surface area (Å²) in [5, 5.41) is 14.3. The highest BCUT2D eigenvalue weighted by atomic mass is 79.9. The second-order valence-corrected chi connectivity index (χ2v) is 9.79. The van der Waals surface area contributed by atoms with Gasteiger partial charge in [0.2, 0.25) is 0 Å². The molecule has 0 fully saturated rings. The van der Waals surface area contributed by atoms with E-state index >= 15 is 0 Å². The number of nitrogens with one attached hydrogen (secondary N) is 3. The molecule has 0 saturated heterocycles. The Morgan fingerprint density at radius 3 is 2.43 bits per heavy atom.